The molecule has 0 spiro atoms. The maximum atomic E-state index is 11.3. The predicted octanol–water partition coefficient (Wildman–Crippen LogP) is 0.181. The topological polar surface area (TPSA) is 71.8 Å². The molecule has 4 heteroatoms. The van der Waals surface area contributed by atoms with Crippen LogP contribution in [0.15, 0.2) is 11.0 Å². The van der Waals surface area contributed by atoms with Gasteiger partial charge in [0, 0.05) is 24.7 Å². The Morgan fingerprint density at radius 1 is 1.62 bits per heavy atom. The number of H-pyrrole nitrogens is 1. The van der Waals surface area contributed by atoms with Crippen molar-refractivity contribution < 1.29 is 0 Å². The van der Waals surface area contributed by atoms with Gasteiger partial charge in [0.05, 0.1) is 0 Å². The van der Waals surface area contributed by atoms with Crippen LogP contribution in [0.1, 0.15) is 24.2 Å². The van der Waals surface area contributed by atoms with Gasteiger partial charge >= 0.3 is 0 Å². The standard InChI is InChI=1S/C9H13N3O/c10-4-7-5-11-8(12-9(7)13)3-6-1-2-6/h5-6H,1-4,10H2,(H,11,12,13). The molecule has 1 saturated carbocycles. The lowest BCUT2D eigenvalue weighted by atomic mass is 10.2. The predicted molar refractivity (Wildman–Crippen MR) is 49.2 cm³/mol. The molecule has 0 bridgehead atoms. The lowest BCUT2D eigenvalue weighted by molar-refractivity contribution is 0.756. The third-order valence-electron chi connectivity index (χ3n) is 2.32. The Balaban J connectivity index is 2.19. The maximum absolute atomic E-state index is 11.3. The summed E-state index contributed by atoms with van der Waals surface area (Å²) in [6, 6.07) is 0. The van der Waals surface area contributed by atoms with E-state index < -0.39 is 0 Å². The third-order valence-corrected chi connectivity index (χ3v) is 2.32. The molecule has 0 unspecified atom stereocenters. The summed E-state index contributed by atoms with van der Waals surface area (Å²) in [6.07, 6.45) is 5.02. The number of hydrogen-bond donors (Lipinski definition) is 2. The van der Waals surface area contributed by atoms with Crippen molar-refractivity contribution >= 4 is 0 Å². The highest BCUT2D eigenvalue weighted by atomic mass is 16.1. The number of hydrogen-bond acceptors (Lipinski definition) is 3. The Hall–Kier alpha value is -1.16. The highest BCUT2D eigenvalue weighted by Crippen LogP contribution is 2.31. The summed E-state index contributed by atoms with van der Waals surface area (Å²) in [6.45, 7) is 0.256. The lowest BCUT2D eigenvalue weighted by Gasteiger charge is -1.99. The van der Waals surface area contributed by atoms with Crippen molar-refractivity contribution in [2.24, 2.45) is 11.7 Å². The van der Waals surface area contributed by atoms with Gasteiger partial charge in [0.15, 0.2) is 0 Å². The molecule has 0 aliphatic heterocycles. The van der Waals surface area contributed by atoms with E-state index in [4.69, 9.17) is 5.73 Å². The molecule has 0 radical (unpaired) electrons. The summed E-state index contributed by atoms with van der Waals surface area (Å²) in [5, 5.41) is 0. The van der Waals surface area contributed by atoms with Gasteiger partial charge in [-0.1, -0.05) is 0 Å². The van der Waals surface area contributed by atoms with Crippen molar-refractivity contribution in [3.05, 3.63) is 27.9 Å². The highest BCUT2D eigenvalue weighted by molar-refractivity contribution is 5.06. The molecule has 1 heterocycles. The van der Waals surface area contributed by atoms with E-state index in [1.54, 1.807) is 6.20 Å². The summed E-state index contributed by atoms with van der Waals surface area (Å²) in [7, 11) is 0. The van der Waals surface area contributed by atoms with Crippen molar-refractivity contribution in [3.63, 3.8) is 0 Å². The van der Waals surface area contributed by atoms with Crippen LogP contribution in [-0.2, 0) is 13.0 Å². The van der Waals surface area contributed by atoms with Crippen molar-refractivity contribution in [2.45, 2.75) is 25.8 Å². The molecule has 2 rings (SSSR count). The van der Waals surface area contributed by atoms with Crippen LogP contribution >= 0.6 is 0 Å². The molecule has 1 aliphatic carbocycles. The van der Waals surface area contributed by atoms with Crippen LogP contribution in [0.5, 0.6) is 0 Å². The lowest BCUT2D eigenvalue weighted by Crippen LogP contribution is -2.18. The Bertz CT molecular complexity index is 354. The normalized spacial score (nSPS) is 16.1. The van der Waals surface area contributed by atoms with E-state index >= 15 is 0 Å². The number of aromatic nitrogens is 2. The second-order valence-electron chi connectivity index (χ2n) is 3.54. The molecule has 13 heavy (non-hydrogen) atoms. The minimum atomic E-state index is -0.0897. The average Bonchev–Trinajstić information content (AvgIpc) is 2.89. The first-order chi connectivity index (χ1) is 6.29. The highest BCUT2D eigenvalue weighted by Gasteiger charge is 2.22. The molecule has 1 aliphatic rings. The van der Waals surface area contributed by atoms with Crippen molar-refractivity contribution in [1.82, 2.24) is 9.97 Å². The summed E-state index contributed by atoms with van der Waals surface area (Å²) >= 11 is 0. The van der Waals surface area contributed by atoms with E-state index in [1.165, 1.54) is 12.8 Å². The van der Waals surface area contributed by atoms with E-state index in [2.05, 4.69) is 9.97 Å². The van der Waals surface area contributed by atoms with Crippen molar-refractivity contribution in [1.29, 1.82) is 0 Å². The van der Waals surface area contributed by atoms with Crippen molar-refractivity contribution in [2.75, 3.05) is 0 Å². The minimum absolute atomic E-state index is 0.0897. The summed E-state index contributed by atoms with van der Waals surface area (Å²) in [4.78, 5) is 18.2. The molecule has 0 saturated heterocycles. The number of nitrogens with one attached hydrogen (secondary N) is 1. The summed E-state index contributed by atoms with van der Waals surface area (Å²) in [5.41, 5.74) is 5.82. The Labute approximate surface area is 76.2 Å². The first-order valence-electron chi connectivity index (χ1n) is 4.56. The van der Waals surface area contributed by atoms with E-state index in [9.17, 15) is 4.79 Å². The van der Waals surface area contributed by atoms with Crippen LogP contribution in [0.2, 0.25) is 0 Å². The van der Waals surface area contributed by atoms with Crippen LogP contribution < -0.4 is 11.3 Å². The third kappa shape index (κ3) is 1.95. The molecule has 0 amide bonds. The summed E-state index contributed by atoms with van der Waals surface area (Å²) in [5.74, 6) is 1.54. The van der Waals surface area contributed by atoms with Crippen LogP contribution in [0.25, 0.3) is 0 Å². The number of nitrogens with zero attached hydrogens (tertiary/aromatic N) is 1. The fraction of sp³-hybridized carbons (Fsp3) is 0.556. The summed E-state index contributed by atoms with van der Waals surface area (Å²) < 4.78 is 0. The molecule has 1 fully saturated rings. The van der Waals surface area contributed by atoms with Crippen molar-refractivity contribution in [3.8, 4) is 0 Å². The first kappa shape index (κ1) is 8.44. The number of rotatable bonds is 3. The Morgan fingerprint density at radius 3 is 2.92 bits per heavy atom. The van der Waals surface area contributed by atoms with Gasteiger partial charge in [0.2, 0.25) is 0 Å². The zero-order valence-corrected chi connectivity index (χ0v) is 7.42. The average molecular weight is 179 g/mol. The Morgan fingerprint density at radius 2 is 2.38 bits per heavy atom. The molecule has 0 atom stereocenters. The van der Waals surface area contributed by atoms with E-state index in [0.29, 0.717) is 5.56 Å². The molecule has 4 nitrogen and oxygen atoms in total. The fourth-order valence-electron chi connectivity index (χ4n) is 1.30. The van der Waals surface area contributed by atoms with E-state index in [1.807, 2.05) is 0 Å². The molecule has 1 aromatic rings. The number of aromatic amines is 1. The number of nitrogens with two attached hydrogens (primary N) is 1. The second-order valence-corrected chi connectivity index (χ2v) is 3.54. The zero-order chi connectivity index (χ0) is 9.26. The van der Waals surface area contributed by atoms with Gasteiger partial charge in [-0.25, -0.2) is 4.98 Å². The van der Waals surface area contributed by atoms with Gasteiger partial charge in [0.25, 0.3) is 5.56 Å². The molecule has 70 valence electrons. The smallest absolute Gasteiger partial charge is 0.255 e. The second kappa shape index (κ2) is 3.30. The zero-order valence-electron chi connectivity index (χ0n) is 7.42. The van der Waals surface area contributed by atoms with Gasteiger partial charge in [-0.05, 0) is 18.8 Å². The Kier molecular flexibility index (Phi) is 2.14. The largest absolute Gasteiger partial charge is 0.326 e. The molecular weight excluding hydrogens is 166 g/mol. The van der Waals surface area contributed by atoms with Gasteiger partial charge < -0.3 is 10.7 Å². The van der Waals surface area contributed by atoms with Crippen LogP contribution in [0.3, 0.4) is 0 Å². The molecule has 3 N–H and O–H groups in total. The minimum Gasteiger partial charge on any atom is -0.326 e. The SMILES string of the molecule is NCc1cnc(CC2CC2)[nH]c1=O. The van der Waals surface area contributed by atoms with Crippen LogP contribution in [0, 0.1) is 5.92 Å². The van der Waals surface area contributed by atoms with Crippen LogP contribution in [-0.4, -0.2) is 9.97 Å². The molecular formula is C9H13N3O. The first-order valence-corrected chi connectivity index (χ1v) is 4.56. The molecule has 1 aromatic heterocycles. The van der Waals surface area contributed by atoms with Gasteiger partial charge in [-0.3, -0.25) is 4.79 Å². The monoisotopic (exact) mass is 179 g/mol. The van der Waals surface area contributed by atoms with E-state index in [0.717, 1.165) is 18.2 Å². The van der Waals surface area contributed by atoms with E-state index in [-0.39, 0.29) is 12.1 Å². The maximum Gasteiger partial charge on any atom is 0.255 e. The quantitative estimate of drug-likeness (QED) is 0.695. The van der Waals surface area contributed by atoms with Gasteiger partial charge in [0.1, 0.15) is 5.82 Å². The fourth-order valence-corrected chi connectivity index (χ4v) is 1.30. The van der Waals surface area contributed by atoms with Gasteiger partial charge in [-0.15, -0.1) is 0 Å². The molecule has 0 aromatic carbocycles. The van der Waals surface area contributed by atoms with Crippen LogP contribution in [0.4, 0.5) is 0 Å². The van der Waals surface area contributed by atoms with Gasteiger partial charge in [-0.2, -0.15) is 0 Å².